The maximum absolute atomic E-state index is 8.74. The number of hydrogen-bond donors (Lipinski definition) is 0. The van der Waals surface area contributed by atoms with Gasteiger partial charge in [0.05, 0.1) is 18.1 Å². The van der Waals surface area contributed by atoms with Crippen LogP contribution in [0.1, 0.15) is 45.7 Å². The van der Waals surface area contributed by atoms with Crippen molar-refractivity contribution in [3.05, 3.63) is 35.4 Å². The maximum Gasteiger partial charge on any atom is 0.236 e. The highest BCUT2D eigenvalue weighted by Crippen LogP contribution is 2.29. The van der Waals surface area contributed by atoms with E-state index in [1.807, 2.05) is 12.1 Å². The van der Waals surface area contributed by atoms with Crippen LogP contribution in [0.2, 0.25) is 5.04 Å². The quantitative estimate of drug-likeness (QED) is 0.770. The van der Waals surface area contributed by atoms with Crippen molar-refractivity contribution >= 4 is 9.76 Å². The van der Waals surface area contributed by atoms with Gasteiger partial charge in [-0.2, -0.15) is 5.26 Å². The van der Waals surface area contributed by atoms with Gasteiger partial charge in [0.1, 0.15) is 0 Å². The zero-order valence-electron chi connectivity index (χ0n) is 11.9. The predicted octanol–water partition coefficient (Wildman–Crippen LogP) is 3.84. The van der Waals surface area contributed by atoms with E-state index < -0.39 is 0 Å². The Morgan fingerprint density at radius 1 is 1.22 bits per heavy atom. The van der Waals surface area contributed by atoms with Gasteiger partial charge < -0.3 is 4.43 Å². The summed E-state index contributed by atoms with van der Waals surface area (Å²) in [4.78, 5) is 0. The molecule has 0 amide bonds. The number of rotatable bonds is 4. The van der Waals surface area contributed by atoms with Crippen LogP contribution in [-0.4, -0.2) is 9.76 Å². The summed E-state index contributed by atoms with van der Waals surface area (Å²) in [5.74, 6) is 0. The highest BCUT2D eigenvalue weighted by molar-refractivity contribution is 6.31. The number of nitriles is 1. The Hall–Kier alpha value is -1.11. The van der Waals surface area contributed by atoms with Gasteiger partial charge in [-0.05, 0) is 30.0 Å². The van der Waals surface area contributed by atoms with Crippen LogP contribution in [0.5, 0.6) is 0 Å². The number of nitrogens with zero attached hydrogens (tertiary/aromatic N) is 1. The van der Waals surface area contributed by atoms with Crippen molar-refractivity contribution in [1.82, 2.24) is 0 Å². The summed E-state index contributed by atoms with van der Waals surface area (Å²) in [6.45, 7) is 10.7. The summed E-state index contributed by atoms with van der Waals surface area (Å²) in [6, 6.07) is 10.3. The molecule has 1 rings (SSSR count). The van der Waals surface area contributed by atoms with Gasteiger partial charge in [0.15, 0.2) is 0 Å². The molecule has 0 saturated carbocycles. The van der Waals surface area contributed by atoms with Crippen LogP contribution in [0.25, 0.3) is 0 Å². The Labute approximate surface area is 113 Å². The molecule has 0 bridgehead atoms. The second kappa shape index (κ2) is 5.68. The Morgan fingerprint density at radius 2 is 1.89 bits per heavy atom. The van der Waals surface area contributed by atoms with E-state index in [9.17, 15) is 0 Å². The van der Waals surface area contributed by atoms with Crippen LogP contribution in [0.15, 0.2) is 24.3 Å². The second-order valence-corrected chi connectivity index (χ2v) is 7.91. The highest BCUT2D eigenvalue weighted by atomic mass is 28.2. The molecule has 0 spiro atoms. The maximum atomic E-state index is 8.74. The van der Waals surface area contributed by atoms with Crippen molar-refractivity contribution in [3.8, 4) is 6.07 Å². The van der Waals surface area contributed by atoms with Gasteiger partial charge in [0, 0.05) is 0 Å². The SMILES string of the molecule is CC(C)(C)[Si]OC(C)(C)c1cccc(CC#N)c1. The van der Waals surface area contributed by atoms with E-state index in [1.165, 1.54) is 0 Å². The third kappa shape index (κ3) is 4.64. The summed E-state index contributed by atoms with van der Waals surface area (Å²) >= 11 is 0. The van der Waals surface area contributed by atoms with Crippen molar-refractivity contribution in [2.45, 2.75) is 51.7 Å². The molecule has 96 valence electrons. The summed E-state index contributed by atoms with van der Waals surface area (Å²) in [5.41, 5.74) is 1.87. The molecule has 0 unspecified atom stereocenters. The number of benzene rings is 1. The lowest BCUT2D eigenvalue weighted by molar-refractivity contribution is 0.109. The molecular formula is C15H21NOSi. The molecule has 0 saturated heterocycles. The van der Waals surface area contributed by atoms with Crippen molar-refractivity contribution in [1.29, 1.82) is 5.26 Å². The third-order valence-electron chi connectivity index (χ3n) is 2.52. The van der Waals surface area contributed by atoms with Gasteiger partial charge in [-0.25, -0.2) is 0 Å². The molecule has 0 aliphatic heterocycles. The van der Waals surface area contributed by atoms with E-state index in [2.05, 4.69) is 52.8 Å². The molecule has 2 radical (unpaired) electrons. The molecule has 1 aromatic rings. The van der Waals surface area contributed by atoms with Crippen LogP contribution in [0, 0.1) is 11.3 Å². The van der Waals surface area contributed by atoms with Gasteiger partial charge in [-0.15, -0.1) is 0 Å². The standard InChI is InChI=1S/C15H21NOSi/c1-14(2,3)18-17-15(4,5)13-8-6-7-12(11-13)9-10-16/h6-8,11H,9H2,1-5H3. The van der Waals surface area contributed by atoms with Gasteiger partial charge in [0.2, 0.25) is 9.76 Å². The van der Waals surface area contributed by atoms with E-state index in [0.29, 0.717) is 16.2 Å². The fourth-order valence-electron chi connectivity index (χ4n) is 1.49. The first kappa shape index (κ1) is 14.9. The third-order valence-corrected chi connectivity index (χ3v) is 3.74. The highest BCUT2D eigenvalue weighted by Gasteiger charge is 2.25. The minimum absolute atomic E-state index is 0.182. The Bertz CT molecular complexity index is 441. The Balaban J connectivity index is 2.84. The van der Waals surface area contributed by atoms with Gasteiger partial charge in [-0.3, -0.25) is 0 Å². The van der Waals surface area contributed by atoms with Gasteiger partial charge >= 0.3 is 0 Å². The van der Waals surface area contributed by atoms with Crippen LogP contribution in [0.4, 0.5) is 0 Å². The molecule has 0 aliphatic carbocycles. The molecule has 1 aromatic carbocycles. The van der Waals surface area contributed by atoms with Crippen LogP contribution in [-0.2, 0) is 16.4 Å². The molecular weight excluding hydrogens is 238 g/mol. The summed E-state index contributed by atoms with van der Waals surface area (Å²) in [5, 5.41) is 8.93. The smallest absolute Gasteiger partial charge is 0.236 e. The van der Waals surface area contributed by atoms with Crippen molar-refractivity contribution < 1.29 is 4.43 Å². The molecule has 18 heavy (non-hydrogen) atoms. The summed E-state index contributed by atoms with van der Waals surface area (Å²) in [7, 11) is 0.451. The average molecular weight is 259 g/mol. The minimum Gasteiger partial charge on any atom is -0.408 e. The largest absolute Gasteiger partial charge is 0.408 e. The van der Waals surface area contributed by atoms with E-state index in [1.54, 1.807) is 0 Å². The molecule has 2 nitrogen and oxygen atoms in total. The molecule has 0 fully saturated rings. The van der Waals surface area contributed by atoms with Crippen LogP contribution < -0.4 is 0 Å². The van der Waals surface area contributed by atoms with Crippen LogP contribution in [0.3, 0.4) is 0 Å². The molecule has 0 aliphatic rings. The first-order valence-corrected chi connectivity index (χ1v) is 7.07. The first-order chi connectivity index (χ1) is 8.24. The van der Waals surface area contributed by atoms with E-state index in [4.69, 9.17) is 9.69 Å². The topological polar surface area (TPSA) is 33.0 Å². The zero-order chi connectivity index (χ0) is 13.8. The zero-order valence-corrected chi connectivity index (χ0v) is 12.9. The Morgan fingerprint density at radius 3 is 2.44 bits per heavy atom. The lowest BCUT2D eigenvalue weighted by Crippen LogP contribution is -2.27. The fourth-order valence-corrected chi connectivity index (χ4v) is 2.17. The van der Waals surface area contributed by atoms with Crippen molar-refractivity contribution in [2.24, 2.45) is 0 Å². The van der Waals surface area contributed by atoms with Crippen molar-refractivity contribution in [3.63, 3.8) is 0 Å². The van der Waals surface area contributed by atoms with Crippen molar-refractivity contribution in [2.75, 3.05) is 0 Å². The molecule has 3 heteroatoms. The minimum atomic E-state index is -0.308. The number of hydrogen-bond acceptors (Lipinski definition) is 2. The lowest BCUT2D eigenvalue weighted by Gasteiger charge is -2.30. The van der Waals surface area contributed by atoms with Crippen LogP contribution >= 0.6 is 0 Å². The normalized spacial score (nSPS) is 12.2. The first-order valence-electron chi connectivity index (χ1n) is 6.16. The average Bonchev–Trinajstić information content (AvgIpc) is 2.27. The van der Waals surface area contributed by atoms with Gasteiger partial charge in [-0.1, -0.05) is 45.0 Å². The monoisotopic (exact) mass is 259 g/mol. The second-order valence-electron chi connectivity index (χ2n) is 6.00. The Kier molecular flexibility index (Phi) is 4.72. The molecule has 0 aromatic heterocycles. The predicted molar refractivity (Wildman–Crippen MR) is 75.3 cm³/mol. The van der Waals surface area contributed by atoms with E-state index in [-0.39, 0.29) is 10.6 Å². The summed E-state index contributed by atoms with van der Waals surface area (Å²) in [6.07, 6.45) is 0.450. The van der Waals surface area contributed by atoms with E-state index >= 15 is 0 Å². The molecule has 0 atom stereocenters. The molecule has 0 heterocycles. The molecule has 0 N–H and O–H groups in total. The van der Waals surface area contributed by atoms with E-state index in [0.717, 1.165) is 11.1 Å². The summed E-state index contributed by atoms with van der Waals surface area (Å²) < 4.78 is 6.06. The van der Waals surface area contributed by atoms with Gasteiger partial charge in [0.25, 0.3) is 0 Å². The fraction of sp³-hybridized carbons (Fsp3) is 0.533. The lowest BCUT2D eigenvalue weighted by atomic mass is 9.96.